The standard InChI is InChI=1S/C15H16ClN3/c1-10-3-6-13(7-4-10)19-18-11(2)14-9-12(16)5-8-15(14)17/h3-9,19H,17H2,1-2H3/b18-11+. The van der Waals surface area contributed by atoms with E-state index in [0.29, 0.717) is 10.7 Å². The Hall–Kier alpha value is -2.00. The van der Waals surface area contributed by atoms with Crippen molar-refractivity contribution in [3.8, 4) is 0 Å². The highest BCUT2D eigenvalue weighted by Gasteiger charge is 2.03. The molecule has 0 bridgehead atoms. The molecule has 19 heavy (non-hydrogen) atoms. The molecule has 0 unspecified atom stereocenters. The van der Waals surface area contributed by atoms with Gasteiger partial charge in [0, 0.05) is 16.3 Å². The molecule has 98 valence electrons. The molecule has 0 aromatic heterocycles. The summed E-state index contributed by atoms with van der Waals surface area (Å²) in [7, 11) is 0. The van der Waals surface area contributed by atoms with Crippen LogP contribution in [0.15, 0.2) is 47.6 Å². The number of benzene rings is 2. The van der Waals surface area contributed by atoms with Crippen LogP contribution in [0.2, 0.25) is 5.02 Å². The van der Waals surface area contributed by atoms with Crippen molar-refractivity contribution in [1.29, 1.82) is 0 Å². The Morgan fingerprint density at radius 1 is 1.16 bits per heavy atom. The van der Waals surface area contributed by atoms with Crippen LogP contribution in [0.3, 0.4) is 0 Å². The lowest BCUT2D eigenvalue weighted by atomic mass is 10.1. The molecule has 0 saturated carbocycles. The summed E-state index contributed by atoms with van der Waals surface area (Å²) in [6, 6.07) is 13.4. The average molecular weight is 274 g/mol. The number of nitrogens with two attached hydrogens (primary N) is 1. The molecule has 0 heterocycles. The minimum absolute atomic E-state index is 0.647. The van der Waals surface area contributed by atoms with Gasteiger partial charge in [0.2, 0.25) is 0 Å². The number of nitrogens with one attached hydrogen (secondary N) is 1. The fourth-order valence-corrected chi connectivity index (χ4v) is 1.85. The van der Waals surface area contributed by atoms with Crippen molar-refractivity contribution in [3.63, 3.8) is 0 Å². The summed E-state index contributed by atoms with van der Waals surface area (Å²) in [6.07, 6.45) is 0. The number of nitrogen functional groups attached to an aromatic ring is 1. The molecule has 2 aromatic rings. The van der Waals surface area contributed by atoms with Gasteiger partial charge in [0.15, 0.2) is 0 Å². The Balaban J connectivity index is 2.19. The summed E-state index contributed by atoms with van der Waals surface area (Å²) >= 11 is 5.96. The van der Waals surface area contributed by atoms with Crippen LogP contribution in [0.25, 0.3) is 0 Å². The van der Waals surface area contributed by atoms with E-state index in [0.717, 1.165) is 17.0 Å². The van der Waals surface area contributed by atoms with Crippen LogP contribution >= 0.6 is 11.6 Å². The number of hydrazone groups is 1. The summed E-state index contributed by atoms with van der Waals surface area (Å²) in [5, 5.41) is 4.97. The fourth-order valence-electron chi connectivity index (χ4n) is 1.68. The lowest BCUT2D eigenvalue weighted by Crippen LogP contribution is -2.03. The lowest BCUT2D eigenvalue weighted by molar-refractivity contribution is 1.31. The van der Waals surface area contributed by atoms with Gasteiger partial charge in [-0.2, -0.15) is 5.10 Å². The lowest BCUT2D eigenvalue weighted by Gasteiger charge is -2.07. The van der Waals surface area contributed by atoms with Gasteiger partial charge in [0.1, 0.15) is 0 Å². The van der Waals surface area contributed by atoms with E-state index in [2.05, 4.69) is 10.5 Å². The number of rotatable bonds is 3. The molecule has 0 spiro atoms. The quantitative estimate of drug-likeness (QED) is 0.503. The van der Waals surface area contributed by atoms with Gasteiger partial charge in [-0.05, 0) is 44.2 Å². The zero-order chi connectivity index (χ0) is 13.8. The molecule has 0 aliphatic heterocycles. The molecule has 0 aliphatic carbocycles. The number of halogens is 1. The fraction of sp³-hybridized carbons (Fsp3) is 0.133. The van der Waals surface area contributed by atoms with Crippen LogP contribution < -0.4 is 11.2 Å². The largest absolute Gasteiger partial charge is 0.398 e. The van der Waals surface area contributed by atoms with Crippen molar-refractivity contribution < 1.29 is 0 Å². The predicted octanol–water partition coefficient (Wildman–Crippen LogP) is 4.07. The molecule has 3 nitrogen and oxygen atoms in total. The summed E-state index contributed by atoms with van der Waals surface area (Å²) < 4.78 is 0. The molecule has 0 radical (unpaired) electrons. The zero-order valence-electron chi connectivity index (χ0n) is 10.9. The van der Waals surface area contributed by atoms with Gasteiger partial charge in [-0.3, -0.25) is 5.43 Å². The van der Waals surface area contributed by atoms with Crippen LogP contribution in [0.5, 0.6) is 0 Å². The van der Waals surface area contributed by atoms with E-state index in [1.54, 1.807) is 12.1 Å². The van der Waals surface area contributed by atoms with E-state index in [1.807, 2.05) is 44.2 Å². The molecule has 0 fully saturated rings. The maximum atomic E-state index is 5.96. The summed E-state index contributed by atoms with van der Waals surface area (Å²) in [6.45, 7) is 3.94. The molecule has 3 N–H and O–H groups in total. The summed E-state index contributed by atoms with van der Waals surface area (Å²) in [5.74, 6) is 0. The highest BCUT2D eigenvalue weighted by Crippen LogP contribution is 2.19. The van der Waals surface area contributed by atoms with Gasteiger partial charge in [0.05, 0.1) is 11.4 Å². The highest BCUT2D eigenvalue weighted by atomic mass is 35.5. The van der Waals surface area contributed by atoms with E-state index >= 15 is 0 Å². The smallest absolute Gasteiger partial charge is 0.0669 e. The van der Waals surface area contributed by atoms with E-state index in [1.165, 1.54) is 5.56 Å². The zero-order valence-corrected chi connectivity index (χ0v) is 11.7. The molecule has 0 amide bonds. The molecule has 4 heteroatoms. The van der Waals surface area contributed by atoms with E-state index in [9.17, 15) is 0 Å². The topological polar surface area (TPSA) is 50.4 Å². The van der Waals surface area contributed by atoms with Gasteiger partial charge < -0.3 is 5.73 Å². The molecule has 2 aromatic carbocycles. The first kappa shape index (κ1) is 13.4. The van der Waals surface area contributed by atoms with Gasteiger partial charge in [-0.1, -0.05) is 29.3 Å². The van der Waals surface area contributed by atoms with Crippen molar-refractivity contribution >= 4 is 28.7 Å². The second-order valence-corrected chi connectivity index (χ2v) is 4.84. The van der Waals surface area contributed by atoms with Crippen LogP contribution in [0, 0.1) is 6.92 Å². The van der Waals surface area contributed by atoms with Gasteiger partial charge >= 0.3 is 0 Å². The monoisotopic (exact) mass is 273 g/mol. The number of anilines is 2. The Morgan fingerprint density at radius 3 is 2.53 bits per heavy atom. The normalized spacial score (nSPS) is 11.4. The van der Waals surface area contributed by atoms with Crippen molar-refractivity contribution in [1.82, 2.24) is 0 Å². The maximum absolute atomic E-state index is 5.96. The third kappa shape index (κ3) is 3.48. The molecular weight excluding hydrogens is 258 g/mol. The van der Waals surface area contributed by atoms with Crippen LogP contribution in [-0.4, -0.2) is 5.71 Å². The minimum Gasteiger partial charge on any atom is -0.398 e. The third-order valence-corrected chi connectivity index (χ3v) is 3.04. The van der Waals surface area contributed by atoms with Gasteiger partial charge in [0.25, 0.3) is 0 Å². The molecular formula is C15H16ClN3. The number of hydrogen-bond donors (Lipinski definition) is 2. The molecule has 0 atom stereocenters. The first-order chi connectivity index (χ1) is 9.06. The van der Waals surface area contributed by atoms with Crippen molar-refractivity contribution in [2.24, 2.45) is 5.10 Å². The van der Waals surface area contributed by atoms with Gasteiger partial charge in [-0.25, -0.2) is 0 Å². The first-order valence-electron chi connectivity index (χ1n) is 5.98. The Bertz CT molecular complexity index is 603. The average Bonchev–Trinajstić information content (AvgIpc) is 2.40. The third-order valence-electron chi connectivity index (χ3n) is 2.81. The van der Waals surface area contributed by atoms with E-state index in [4.69, 9.17) is 17.3 Å². The maximum Gasteiger partial charge on any atom is 0.0669 e. The Kier molecular flexibility index (Phi) is 4.07. The van der Waals surface area contributed by atoms with Crippen molar-refractivity contribution in [2.75, 3.05) is 11.2 Å². The molecule has 0 aliphatic rings. The van der Waals surface area contributed by atoms with Crippen molar-refractivity contribution in [3.05, 3.63) is 58.6 Å². The second kappa shape index (κ2) is 5.76. The number of nitrogens with zero attached hydrogens (tertiary/aromatic N) is 1. The Labute approximate surface area is 118 Å². The first-order valence-corrected chi connectivity index (χ1v) is 6.36. The van der Waals surface area contributed by atoms with Crippen molar-refractivity contribution in [2.45, 2.75) is 13.8 Å². The van der Waals surface area contributed by atoms with Crippen LogP contribution in [0.4, 0.5) is 11.4 Å². The van der Waals surface area contributed by atoms with Crippen LogP contribution in [0.1, 0.15) is 18.1 Å². The number of aryl methyl sites for hydroxylation is 1. The predicted molar refractivity (Wildman–Crippen MR) is 82.9 cm³/mol. The summed E-state index contributed by atoms with van der Waals surface area (Å²) in [5.41, 5.74) is 13.4. The van der Waals surface area contributed by atoms with E-state index in [-0.39, 0.29) is 0 Å². The number of hydrogen-bond acceptors (Lipinski definition) is 3. The molecule has 0 saturated heterocycles. The highest BCUT2D eigenvalue weighted by molar-refractivity contribution is 6.31. The van der Waals surface area contributed by atoms with Crippen LogP contribution in [-0.2, 0) is 0 Å². The minimum atomic E-state index is 0.647. The SMILES string of the molecule is C/C(=N\Nc1ccc(C)cc1)c1cc(Cl)ccc1N. The van der Waals surface area contributed by atoms with Gasteiger partial charge in [-0.15, -0.1) is 0 Å². The Morgan fingerprint density at radius 2 is 1.84 bits per heavy atom. The summed E-state index contributed by atoms with van der Waals surface area (Å²) in [4.78, 5) is 0. The molecule has 2 rings (SSSR count). The van der Waals surface area contributed by atoms with E-state index < -0.39 is 0 Å². The second-order valence-electron chi connectivity index (χ2n) is 4.41.